The molecule has 0 fully saturated rings. The van der Waals surface area contributed by atoms with Gasteiger partial charge in [-0.2, -0.15) is 0 Å². The molecule has 232 valence electrons. The highest BCUT2D eigenvalue weighted by molar-refractivity contribution is 6.19. The van der Waals surface area contributed by atoms with Crippen LogP contribution in [0.4, 0.5) is 0 Å². The van der Waals surface area contributed by atoms with Gasteiger partial charge < -0.3 is 14.2 Å². The molecule has 5 rings (SSSR count). The monoisotopic (exact) mass is 590 g/mol. The SMILES string of the molecule is CCCCCOc1c(CC)c(-c2c3ccccc3c(OCCCCC)c3ccccc23)c(OCCCCC)c2ccccc12. The van der Waals surface area contributed by atoms with Crippen LogP contribution in [0.15, 0.2) is 72.8 Å². The quantitative estimate of drug-likeness (QED) is 0.0796. The van der Waals surface area contributed by atoms with Gasteiger partial charge in [-0.1, -0.05) is 139 Å². The number of hydrogen-bond donors (Lipinski definition) is 0. The number of ether oxygens (including phenoxy) is 3. The van der Waals surface area contributed by atoms with Crippen molar-refractivity contribution in [3.05, 3.63) is 78.4 Å². The number of unbranched alkanes of at least 4 members (excludes halogenated alkanes) is 6. The highest BCUT2D eigenvalue weighted by atomic mass is 16.5. The van der Waals surface area contributed by atoms with E-state index >= 15 is 0 Å². The van der Waals surface area contributed by atoms with Crippen molar-refractivity contribution in [1.82, 2.24) is 0 Å². The molecule has 44 heavy (non-hydrogen) atoms. The maximum Gasteiger partial charge on any atom is 0.135 e. The van der Waals surface area contributed by atoms with Crippen LogP contribution < -0.4 is 14.2 Å². The van der Waals surface area contributed by atoms with Gasteiger partial charge in [-0.3, -0.25) is 0 Å². The van der Waals surface area contributed by atoms with Crippen LogP contribution >= 0.6 is 0 Å². The Morgan fingerprint density at radius 3 is 1.18 bits per heavy atom. The smallest absolute Gasteiger partial charge is 0.135 e. The molecule has 0 aliphatic heterocycles. The van der Waals surface area contributed by atoms with Gasteiger partial charge in [-0.05, 0) is 36.5 Å². The zero-order valence-electron chi connectivity index (χ0n) is 27.3. The van der Waals surface area contributed by atoms with Crippen molar-refractivity contribution in [3.8, 4) is 28.4 Å². The van der Waals surface area contributed by atoms with Gasteiger partial charge in [0.2, 0.25) is 0 Å². The molecule has 0 aliphatic carbocycles. The number of rotatable bonds is 17. The van der Waals surface area contributed by atoms with E-state index < -0.39 is 0 Å². The summed E-state index contributed by atoms with van der Waals surface area (Å²) in [4.78, 5) is 0. The predicted octanol–water partition coefficient (Wildman–Crippen LogP) is 12.1. The fraction of sp³-hybridized carbons (Fsp3) is 0.415. The fourth-order valence-electron chi connectivity index (χ4n) is 6.44. The molecule has 0 aliphatic rings. The first kappa shape index (κ1) is 31.7. The lowest BCUT2D eigenvalue weighted by Crippen LogP contribution is -2.07. The Morgan fingerprint density at radius 2 is 0.750 bits per heavy atom. The minimum Gasteiger partial charge on any atom is -0.493 e. The van der Waals surface area contributed by atoms with Gasteiger partial charge in [-0.15, -0.1) is 0 Å². The van der Waals surface area contributed by atoms with Crippen LogP contribution in [0.3, 0.4) is 0 Å². The minimum atomic E-state index is 0.694. The molecule has 3 heteroatoms. The summed E-state index contributed by atoms with van der Waals surface area (Å²) in [6, 6.07) is 26.2. The Hall–Kier alpha value is -3.72. The third-order valence-corrected chi connectivity index (χ3v) is 8.69. The van der Waals surface area contributed by atoms with E-state index in [-0.39, 0.29) is 0 Å². The Labute approximate surface area is 264 Å². The van der Waals surface area contributed by atoms with Crippen LogP contribution in [0, 0.1) is 0 Å². The second-order valence-corrected chi connectivity index (χ2v) is 11.9. The van der Waals surface area contributed by atoms with Crippen LogP contribution in [0.5, 0.6) is 17.2 Å². The van der Waals surface area contributed by atoms with Crippen LogP contribution in [0.25, 0.3) is 43.4 Å². The van der Waals surface area contributed by atoms with Gasteiger partial charge in [0.15, 0.2) is 0 Å². The summed E-state index contributed by atoms with van der Waals surface area (Å²) in [6.45, 7) is 11.1. The number of fused-ring (bicyclic) bond motifs is 3. The van der Waals surface area contributed by atoms with Gasteiger partial charge in [0.25, 0.3) is 0 Å². The summed E-state index contributed by atoms with van der Waals surface area (Å²) >= 11 is 0. The maximum absolute atomic E-state index is 6.88. The molecule has 0 aromatic heterocycles. The van der Waals surface area contributed by atoms with Crippen LogP contribution in [-0.4, -0.2) is 19.8 Å². The molecule has 0 radical (unpaired) electrons. The van der Waals surface area contributed by atoms with Gasteiger partial charge in [0.1, 0.15) is 17.2 Å². The molecule has 0 unspecified atom stereocenters. The van der Waals surface area contributed by atoms with E-state index in [1.165, 1.54) is 47.6 Å². The molecule has 0 bridgehead atoms. The molecule has 0 heterocycles. The summed E-state index contributed by atoms with van der Waals surface area (Å²) in [6.07, 6.45) is 11.0. The van der Waals surface area contributed by atoms with E-state index in [2.05, 4.69) is 100 Å². The maximum atomic E-state index is 6.88. The van der Waals surface area contributed by atoms with Crippen molar-refractivity contribution in [2.45, 2.75) is 91.9 Å². The standard InChI is InChI=1S/C41H50O3/c1-5-9-18-27-42-39-30(8-4)38(41(44-29-20-11-7-3)36-26-17-16-25-35(36)39)37-31-21-12-14-23-33(31)40(43-28-19-10-6-2)34-24-15-13-22-32(34)37/h12-17,21-26H,5-11,18-20,27-29H2,1-4H3. The number of hydrogen-bond acceptors (Lipinski definition) is 3. The molecule has 0 saturated carbocycles. The summed E-state index contributed by atoms with van der Waals surface area (Å²) in [5.74, 6) is 2.96. The molecular formula is C41H50O3. The predicted molar refractivity (Wildman–Crippen MR) is 189 cm³/mol. The van der Waals surface area contributed by atoms with Crippen molar-refractivity contribution < 1.29 is 14.2 Å². The molecule has 5 aromatic rings. The Morgan fingerprint density at radius 1 is 0.386 bits per heavy atom. The lowest BCUT2D eigenvalue weighted by Gasteiger charge is -2.25. The molecule has 0 amide bonds. The highest BCUT2D eigenvalue weighted by Gasteiger charge is 2.26. The zero-order valence-corrected chi connectivity index (χ0v) is 27.3. The van der Waals surface area contributed by atoms with Crippen molar-refractivity contribution >= 4 is 32.3 Å². The van der Waals surface area contributed by atoms with Crippen molar-refractivity contribution in [2.75, 3.05) is 19.8 Å². The largest absolute Gasteiger partial charge is 0.493 e. The first-order chi connectivity index (χ1) is 21.7. The molecule has 0 saturated heterocycles. The molecule has 0 N–H and O–H groups in total. The minimum absolute atomic E-state index is 0.694. The average Bonchev–Trinajstić information content (AvgIpc) is 3.06. The van der Waals surface area contributed by atoms with Crippen LogP contribution in [0.1, 0.15) is 91.0 Å². The van der Waals surface area contributed by atoms with Crippen LogP contribution in [0.2, 0.25) is 0 Å². The van der Waals surface area contributed by atoms with Gasteiger partial charge >= 0.3 is 0 Å². The Balaban J connectivity index is 1.83. The fourth-order valence-corrected chi connectivity index (χ4v) is 6.44. The lowest BCUT2D eigenvalue weighted by molar-refractivity contribution is 0.302. The summed E-state index contributed by atoms with van der Waals surface area (Å²) in [5.41, 5.74) is 3.60. The highest BCUT2D eigenvalue weighted by Crippen LogP contribution is 2.52. The van der Waals surface area contributed by atoms with Crippen molar-refractivity contribution in [3.63, 3.8) is 0 Å². The van der Waals surface area contributed by atoms with Crippen molar-refractivity contribution in [1.29, 1.82) is 0 Å². The zero-order chi connectivity index (χ0) is 30.7. The normalized spacial score (nSPS) is 11.5. The van der Waals surface area contributed by atoms with E-state index in [0.29, 0.717) is 13.2 Å². The van der Waals surface area contributed by atoms with Gasteiger partial charge in [-0.25, -0.2) is 0 Å². The van der Waals surface area contributed by atoms with Crippen LogP contribution in [-0.2, 0) is 6.42 Å². The third kappa shape index (κ3) is 6.67. The molecule has 3 nitrogen and oxygen atoms in total. The summed E-state index contributed by atoms with van der Waals surface area (Å²) in [5, 5.41) is 6.94. The number of benzene rings is 5. The van der Waals surface area contributed by atoms with E-state index in [4.69, 9.17) is 14.2 Å². The van der Waals surface area contributed by atoms with E-state index in [1.807, 2.05) is 0 Å². The molecular weight excluding hydrogens is 540 g/mol. The average molecular weight is 591 g/mol. The van der Waals surface area contributed by atoms with E-state index in [0.717, 1.165) is 89.5 Å². The van der Waals surface area contributed by atoms with E-state index in [1.54, 1.807) is 0 Å². The Kier molecular flexibility index (Phi) is 11.4. The second kappa shape index (κ2) is 15.8. The first-order valence-corrected chi connectivity index (χ1v) is 17.1. The van der Waals surface area contributed by atoms with E-state index in [9.17, 15) is 0 Å². The first-order valence-electron chi connectivity index (χ1n) is 17.1. The van der Waals surface area contributed by atoms with Gasteiger partial charge in [0.05, 0.1) is 19.8 Å². The Bertz CT molecular complexity index is 1610. The third-order valence-electron chi connectivity index (χ3n) is 8.69. The molecule has 0 spiro atoms. The summed E-state index contributed by atoms with van der Waals surface area (Å²) in [7, 11) is 0. The second-order valence-electron chi connectivity index (χ2n) is 11.9. The van der Waals surface area contributed by atoms with Crippen molar-refractivity contribution in [2.24, 2.45) is 0 Å². The molecule has 5 aromatic carbocycles. The molecule has 0 atom stereocenters. The summed E-state index contributed by atoms with van der Waals surface area (Å²) < 4.78 is 20.2. The lowest BCUT2D eigenvalue weighted by atomic mass is 9.85. The topological polar surface area (TPSA) is 27.7 Å². The van der Waals surface area contributed by atoms with Gasteiger partial charge in [0, 0.05) is 38.2 Å².